The Morgan fingerprint density at radius 2 is 1.79 bits per heavy atom. The fourth-order valence-corrected chi connectivity index (χ4v) is 5.77. The van der Waals surface area contributed by atoms with E-state index < -0.39 is 0 Å². The molecule has 1 aliphatic carbocycles. The van der Waals surface area contributed by atoms with Gasteiger partial charge in [-0.15, -0.1) is 0 Å². The van der Waals surface area contributed by atoms with E-state index in [1.165, 1.54) is 24.8 Å². The molecule has 2 aliphatic heterocycles. The lowest BCUT2D eigenvalue weighted by molar-refractivity contribution is -0.132. The average molecular weight is 397 g/mol. The number of hydrogen-bond acceptors (Lipinski definition) is 4. The summed E-state index contributed by atoms with van der Waals surface area (Å²) in [6.07, 6.45) is 7.97. The maximum Gasteiger partial charge on any atom is 0.148 e. The SMILES string of the molecule is CN1CCCCC2C(=O)C(C(=O)CCC3CCN(Cc4ccccc4)CC3)CC21. The van der Waals surface area contributed by atoms with Gasteiger partial charge in [-0.2, -0.15) is 0 Å². The van der Waals surface area contributed by atoms with Crippen molar-refractivity contribution in [3.8, 4) is 0 Å². The summed E-state index contributed by atoms with van der Waals surface area (Å²) in [7, 11) is 2.13. The Hall–Kier alpha value is -1.52. The summed E-state index contributed by atoms with van der Waals surface area (Å²) in [5.41, 5.74) is 1.38. The molecule has 4 heteroatoms. The van der Waals surface area contributed by atoms with Gasteiger partial charge < -0.3 is 4.90 Å². The molecule has 29 heavy (non-hydrogen) atoms. The van der Waals surface area contributed by atoms with Crippen LogP contribution < -0.4 is 0 Å². The average Bonchev–Trinajstić information content (AvgIpc) is 2.96. The number of rotatable bonds is 6. The number of hydrogen-bond donors (Lipinski definition) is 0. The molecule has 4 rings (SSSR count). The van der Waals surface area contributed by atoms with Crippen molar-refractivity contribution in [1.29, 1.82) is 0 Å². The Balaban J connectivity index is 1.22. The molecule has 3 unspecified atom stereocenters. The van der Waals surface area contributed by atoms with E-state index in [-0.39, 0.29) is 23.4 Å². The van der Waals surface area contributed by atoms with E-state index in [1.807, 2.05) is 0 Å². The molecule has 0 amide bonds. The lowest BCUT2D eigenvalue weighted by Gasteiger charge is -2.32. The Bertz CT molecular complexity index is 696. The molecule has 0 aromatic heterocycles. The van der Waals surface area contributed by atoms with Crippen LogP contribution in [0.5, 0.6) is 0 Å². The fourth-order valence-electron chi connectivity index (χ4n) is 5.77. The maximum atomic E-state index is 12.9. The summed E-state index contributed by atoms with van der Waals surface area (Å²) >= 11 is 0. The van der Waals surface area contributed by atoms with E-state index >= 15 is 0 Å². The molecule has 2 heterocycles. The number of piperidine rings is 1. The van der Waals surface area contributed by atoms with Gasteiger partial charge in [-0.1, -0.05) is 36.8 Å². The van der Waals surface area contributed by atoms with Crippen LogP contribution in [0.2, 0.25) is 0 Å². The molecule has 1 aromatic rings. The second-order valence-electron chi connectivity index (χ2n) is 9.55. The molecule has 3 fully saturated rings. The highest BCUT2D eigenvalue weighted by atomic mass is 16.2. The van der Waals surface area contributed by atoms with E-state index in [0.29, 0.717) is 18.4 Å². The largest absolute Gasteiger partial charge is 0.303 e. The highest BCUT2D eigenvalue weighted by Gasteiger charge is 2.46. The number of Topliss-reactive ketones (excluding diaryl/α,β-unsaturated/α-hetero) is 2. The second kappa shape index (κ2) is 9.53. The normalized spacial score (nSPS) is 29.6. The van der Waals surface area contributed by atoms with Crippen molar-refractivity contribution in [2.45, 2.75) is 64.0 Å². The van der Waals surface area contributed by atoms with Gasteiger partial charge in [0.25, 0.3) is 0 Å². The number of ketones is 2. The van der Waals surface area contributed by atoms with Crippen molar-refractivity contribution in [2.75, 3.05) is 26.7 Å². The van der Waals surface area contributed by atoms with Gasteiger partial charge in [0, 0.05) is 24.9 Å². The summed E-state index contributed by atoms with van der Waals surface area (Å²) in [5, 5.41) is 0. The third-order valence-electron chi connectivity index (χ3n) is 7.64. The van der Waals surface area contributed by atoms with Crippen molar-refractivity contribution in [3.63, 3.8) is 0 Å². The van der Waals surface area contributed by atoms with Gasteiger partial charge in [-0.3, -0.25) is 14.5 Å². The molecule has 158 valence electrons. The standard InChI is InChI=1S/C25H36N2O2/c1-26-14-6-5-9-21-23(26)17-22(25(21)29)24(28)11-10-19-12-15-27(16-13-19)18-20-7-3-2-4-8-20/h2-4,7-8,19,21-23H,5-6,9-18H2,1H3. The lowest BCUT2D eigenvalue weighted by atomic mass is 9.87. The van der Waals surface area contributed by atoms with Crippen LogP contribution in [0, 0.1) is 17.8 Å². The minimum Gasteiger partial charge on any atom is -0.303 e. The Morgan fingerprint density at radius 3 is 2.55 bits per heavy atom. The summed E-state index contributed by atoms with van der Waals surface area (Å²) < 4.78 is 0. The summed E-state index contributed by atoms with van der Waals surface area (Å²) in [5.74, 6) is 0.909. The van der Waals surface area contributed by atoms with E-state index in [1.54, 1.807) is 0 Å². The number of nitrogens with zero attached hydrogens (tertiary/aromatic N) is 2. The van der Waals surface area contributed by atoms with Gasteiger partial charge in [0.05, 0.1) is 5.92 Å². The van der Waals surface area contributed by atoms with Crippen LogP contribution in [0.1, 0.15) is 56.9 Å². The van der Waals surface area contributed by atoms with Crippen molar-refractivity contribution in [1.82, 2.24) is 9.80 Å². The van der Waals surface area contributed by atoms with Crippen LogP contribution in [-0.2, 0) is 16.1 Å². The van der Waals surface area contributed by atoms with Gasteiger partial charge in [-0.25, -0.2) is 0 Å². The highest BCUT2D eigenvalue weighted by molar-refractivity contribution is 6.05. The molecular formula is C25H36N2O2. The van der Waals surface area contributed by atoms with Crippen LogP contribution in [0.4, 0.5) is 0 Å². The number of likely N-dealkylation sites (tertiary alicyclic amines) is 2. The van der Waals surface area contributed by atoms with Crippen molar-refractivity contribution in [2.24, 2.45) is 17.8 Å². The predicted octanol–water partition coefficient (Wildman–Crippen LogP) is 3.94. The number of carbonyl (C=O) groups excluding carboxylic acids is 2. The van der Waals surface area contributed by atoms with Crippen LogP contribution in [0.3, 0.4) is 0 Å². The lowest BCUT2D eigenvalue weighted by Crippen LogP contribution is -2.34. The molecule has 1 aromatic carbocycles. The zero-order chi connectivity index (χ0) is 20.2. The fraction of sp³-hybridized carbons (Fsp3) is 0.680. The first kappa shape index (κ1) is 20.7. The molecule has 0 spiro atoms. The van der Waals surface area contributed by atoms with E-state index in [2.05, 4.69) is 47.2 Å². The van der Waals surface area contributed by atoms with Crippen molar-refractivity contribution in [3.05, 3.63) is 35.9 Å². The van der Waals surface area contributed by atoms with Crippen molar-refractivity contribution < 1.29 is 9.59 Å². The first-order valence-corrected chi connectivity index (χ1v) is 11.6. The van der Waals surface area contributed by atoms with Crippen LogP contribution in [0.15, 0.2) is 30.3 Å². The quantitative estimate of drug-likeness (QED) is 0.683. The van der Waals surface area contributed by atoms with E-state index in [9.17, 15) is 9.59 Å². The predicted molar refractivity (Wildman–Crippen MR) is 116 cm³/mol. The number of benzene rings is 1. The Labute approximate surface area is 175 Å². The number of fused-ring (bicyclic) bond motifs is 1. The maximum absolute atomic E-state index is 12.9. The molecule has 0 radical (unpaired) electrons. The van der Waals surface area contributed by atoms with Gasteiger partial charge in [0.15, 0.2) is 0 Å². The molecular weight excluding hydrogens is 360 g/mol. The smallest absolute Gasteiger partial charge is 0.148 e. The molecule has 2 saturated heterocycles. The molecule has 0 N–H and O–H groups in total. The van der Waals surface area contributed by atoms with Gasteiger partial charge in [0.1, 0.15) is 11.6 Å². The molecule has 3 atom stereocenters. The van der Waals surface area contributed by atoms with E-state index in [4.69, 9.17) is 0 Å². The molecule has 0 bridgehead atoms. The molecule has 4 nitrogen and oxygen atoms in total. The van der Waals surface area contributed by atoms with Gasteiger partial charge in [-0.05, 0) is 76.7 Å². The first-order chi connectivity index (χ1) is 14.1. The van der Waals surface area contributed by atoms with Gasteiger partial charge >= 0.3 is 0 Å². The minimum atomic E-state index is -0.316. The summed E-state index contributed by atoms with van der Waals surface area (Å²) in [6.45, 7) is 4.33. The summed E-state index contributed by atoms with van der Waals surface area (Å²) in [6, 6.07) is 11.0. The third-order valence-corrected chi connectivity index (χ3v) is 7.64. The molecule has 3 aliphatic rings. The summed E-state index contributed by atoms with van der Waals surface area (Å²) in [4.78, 5) is 30.6. The third kappa shape index (κ3) is 4.97. The van der Waals surface area contributed by atoms with Crippen LogP contribution >= 0.6 is 0 Å². The molecule has 1 saturated carbocycles. The number of carbonyl (C=O) groups is 2. The van der Waals surface area contributed by atoms with Crippen molar-refractivity contribution >= 4 is 11.6 Å². The Morgan fingerprint density at radius 1 is 1.03 bits per heavy atom. The zero-order valence-corrected chi connectivity index (χ0v) is 17.9. The van der Waals surface area contributed by atoms with Crippen LogP contribution in [-0.4, -0.2) is 54.1 Å². The topological polar surface area (TPSA) is 40.6 Å². The Kier molecular flexibility index (Phi) is 6.81. The van der Waals surface area contributed by atoms with Gasteiger partial charge in [0.2, 0.25) is 0 Å². The van der Waals surface area contributed by atoms with E-state index in [0.717, 1.165) is 51.9 Å². The zero-order valence-electron chi connectivity index (χ0n) is 17.9. The first-order valence-electron chi connectivity index (χ1n) is 11.6. The highest BCUT2D eigenvalue weighted by Crippen LogP contribution is 2.38. The minimum absolute atomic E-state index is 0.109. The monoisotopic (exact) mass is 396 g/mol. The van der Waals surface area contributed by atoms with Crippen LogP contribution in [0.25, 0.3) is 0 Å². The second-order valence-corrected chi connectivity index (χ2v) is 9.55.